The highest BCUT2D eigenvalue weighted by Crippen LogP contribution is 2.23. The number of rotatable bonds is 3. The van der Waals surface area contributed by atoms with E-state index >= 15 is 0 Å². The number of nitrogens with one attached hydrogen (secondary N) is 1. The van der Waals surface area contributed by atoms with Gasteiger partial charge in [-0.25, -0.2) is 4.79 Å². The largest absolute Gasteiger partial charge is 0.444 e. The number of hydrogen-bond donors (Lipinski definition) is 2. The molecule has 0 saturated heterocycles. The first-order valence-electron chi connectivity index (χ1n) is 6.04. The first-order chi connectivity index (χ1) is 8.66. The van der Waals surface area contributed by atoms with Crippen LogP contribution in [0.3, 0.4) is 0 Å². The van der Waals surface area contributed by atoms with Crippen LogP contribution in [-0.2, 0) is 10.3 Å². The van der Waals surface area contributed by atoms with E-state index in [1.165, 1.54) is 0 Å². The molecule has 1 rings (SSSR count). The maximum absolute atomic E-state index is 11.8. The molecule has 2 N–H and O–H groups in total. The van der Waals surface area contributed by atoms with Crippen molar-refractivity contribution in [1.82, 2.24) is 5.32 Å². The fourth-order valence-electron chi connectivity index (χ4n) is 1.56. The second-order valence-corrected chi connectivity index (χ2v) is 6.06. The van der Waals surface area contributed by atoms with E-state index in [0.717, 1.165) is 0 Å². The summed E-state index contributed by atoms with van der Waals surface area (Å²) in [4.78, 5) is 11.8. The molecule has 0 heterocycles. The van der Waals surface area contributed by atoms with Crippen molar-refractivity contribution in [2.45, 2.75) is 38.8 Å². The van der Waals surface area contributed by atoms with Crippen LogP contribution in [0.1, 0.15) is 33.3 Å². The zero-order valence-electron chi connectivity index (χ0n) is 11.7. The quantitative estimate of drug-likeness (QED) is 0.897. The van der Waals surface area contributed by atoms with Crippen molar-refractivity contribution in [3.63, 3.8) is 0 Å². The van der Waals surface area contributed by atoms with Crippen LogP contribution in [0.2, 0.25) is 5.02 Å². The number of benzene rings is 1. The molecule has 1 aromatic carbocycles. The van der Waals surface area contributed by atoms with E-state index in [-0.39, 0.29) is 6.61 Å². The maximum atomic E-state index is 11.8. The number of alkyl carbamates (subject to hydrolysis) is 1. The normalized spacial score (nSPS) is 14.6. The van der Waals surface area contributed by atoms with Gasteiger partial charge in [-0.3, -0.25) is 0 Å². The molecule has 1 atom stereocenters. The van der Waals surface area contributed by atoms with Gasteiger partial charge in [0.05, 0.1) is 12.1 Å². The van der Waals surface area contributed by atoms with E-state index in [4.69, 9.17) is 16.3 Å². The molecule has 1 unspecified atom stereocenters. The Labute approximate surface area is 118 Å². The summed E-state index contributed by atoms with van der Waals surface area (Å²) >= 11 is 5.93. The number of ether oxygens (including phenoxy) is 1. The Balaban J connectivity index is 2.90. The fraction of sp³-hybridized carbons (Fsp3) is 0.500. The number of aliphatic hydroxyl groups excluding tert-OH is 1. The predicted octanol–water partition coefficient (Wildman–Crippen LogP) is 3.07. The molecule has 0 aliphatic heterocycles. The van der Waals surface area contributed by atoms with Gasteiger partial charge in [-0.15, -0.1) is 0 Å². The lowest BCUT2D eigenvalue weighted by Gasteiger charge is -2.31. The van der Waals surface area contributed by atoms with Gasteiger partial charge in [0.1, 0.15) is 5.60 Å². The molecule has 0 fully saturated rings. The molecule has 106 valence electrons. The molecule has 1 amide bonds. The molecule has 19 heavy (non-hydrogen) atoms. The van der Waals surface area contributed by atoms with E-state index in [2.05, 4.69) is 5.32 Å². The van der Waals surface area contributed by atoms with Crippen molar-refractivity contribution in [2.24, 2.45) is 0 Å². The Morgan fingerprint density at radius 2 is 2.00 bits per heavy atom. The Morgan fingerprint density at radius 1 is 1.37 bits per heavy atom. The maximum Gasteiger partial charge on any atom is 0.408 e. The molecule has 5 heteroatoms. The van der Waals surface area contributed by atoms with Crippen LogP contribution in [-0.4, -0.2) is 23.4 Å². The highest BCUT2D eigenvalue weighted by atomic mass is 35.5. The highest BCUT2D eigenvalue weighted by molar-refractivity contribution is 6.30. The second-order valence-electron chi connectivity index (χ2n) is 5.63. The lowest BCUT2D eigenvalue weighted by atomic mass is 9.93. The Kier molecular flexibility index (Phi) is 4.82. The molecule has 0 saturated carbocycles. The zero-order valence-corrected chi connectivity index (χ0v) is 12.4. The van der Waals surface area contributed by atoms with Gasteiger partial charge in [0.2, 0.25) is 0 Å². The SMILES string of the molecule is CC(C)(C)OC(=O)NC(C)(CO)c1cccc(Cl)c1. The molecule has 0 bridgehead atoms. The van der Waals surface area contributed by atoms with Crippen LogP contribution in [0.5, 0.6) is 0 Å². The minimum Gasteiger partial charge on any atom is -0.444 e. The Morgan fingerprint density at radius 3 is 2.47 bits per heavy atom. The van der Waals surface area contributed by atoms with Crippen molar-refractivity contribution >= 4 is 17.7 Å². The van der Waals surface area contributed by atoms with Crippen LogP contribution in [0, 0.1) is 0 Å². The Bertz CT molecular complexity index is 456. The minimum absolute atomic E-state index is 0.257. The van der Waals surface area contributed by atoms with E-state index in [1.807, 2.05) is 0 Å². The molecule has 0 aliphatic rings. The van der Waals surface area contributed by atoms with Crippen molar-refractivity contribution < 1.29 is 14.6 Å². The molecular weight excluding hydrogens is 266 g/mol. The summed E-state index contributed by atoms with van der Waals surface area (Å²) in [6.07, 6.45) is -0.580. The molecule has 4 nitrogen and oxygen atoms in total. The van der Waals surface area contributed by atoms with Gasteiger partial charge < -0.3 is 15.2 Å². The van der Waals surface area contributed by atoms with Crippen LogP contribution in [0.4, 0.5) is 4.79 Å². The van der Waals surface area contributed by atoms with Crippen molar-refractivity contribution in [1.29, 1.82) is 0 Å². The average Bonchev–Trinajstić information content (AvgIpc) is 2.26. The fourth-order valence-corrected chi connectivity index (χ4v) is 1.75. The number of halogens is 1. The first-order valence-corrected chi connectivity index (χ1v) is 6.42. The number of amides is 1. The van der Waals surface area contributed by atoms with E-state index in [1.54, 1.807) is 52.0 Å². The van der Waals surface area contributed by atoms with Crippen LogP contribution < -0.4 is 5.32 Å². The van der Waals surface area contributed by atoms with Gasteiger partial charge >= 0.3 is 6.09 Å². The monoisotopic (exact) mass is 285 g/mol. The molecular formula is C14H20ClNO3. The molecule has 0 aromatic heterocycles. The van der Waals surface area contributed by atoms with E-state index < -0.39 is 17.2 Å². The average molecular weight is 286 g/mol. The summed E-state index contributed by atoms with van der Waals surface area (Å²) in [5.41, 5.74) is -0.810. The van der Waals surface area contributed by atoms with E-state index in [0.29, 0.717) is 10.6 Å². The smallest absolute Gasteiger partial charge is 0.408 e. The third kappa shape index (κ3) is 4.73. The summed E-state index contributed by atoms with van der Waals surface area (Å²) in [6.45, 7) is 6.79. The summed E-state index contributed by atoms with van der Waals surface area (Å²) in [7, 11) is 0. The molecule has 0 radical (unpaired) electrons. The summed E-state index contributed by atoms with van der Waals surface area (Å²) < 4.78 is 5.19. The standard InChI is InChI=1S/C14H20ClNO3/c1-13(2,3)19-12(18)16-14(4,9-17)10-6-5-7-11(15)8-10/h5-8,17H,9H2,1-4H3,(H,16,18). The summed E-state index contributed by atoms with van der Waals surface area (Å²) in [5.74, 6) is 0. The van der Waals surface area contributed by atoms with Crippen molar-refractivity contribution in [2.75, 3.05) is 6.61 Å². The van der Waals surface area contributed by atoms with Crippen LogP contribution >= 0.6 is 11.6 Å². The van der Waals surface area contributed by atoms with Crippen LogP contribution in [0.25, 0.3) is 0 Å². The number of carbonyl (C=O) groups excluding carboxylic acids is 1. The Hall–Kier alpha value is -1.26. The zero-order chi connectivity index (χ0) is 14.7. The molecule has 1 aromatic rings. The lowest BCUT2D eigenvalue weighted by molar-refractivity contribution is 0.0411. The minimum atomic E-state index is -0.937. The highest BCUT2D eigenvalue weighted by Gasteiger charge is 2.30. The number of carbonyl (C=O) groups is 1. The second kappa shape index (κ2) is 5.80. The predicted molar refractivity (Wildman–Crippen MR) is 75.3 cm³/mol. The topological polar surface area (TPSA) is 58.6 Å². The third-order valence-corrected chi connectivity index (χ3v) is 2.79. The van der Waals surface area contributed by atoms with Crippen molar-refractivity contribution in [3.8, 4) is 0 Å². The van der Waals surface area contributed by atoms with Crippen LogP contribution in [0.15, 0.2) is 24.3 Å². The van der Waals surface area contributed by atoms with Gasteiger partial charge in [0.15, 0.2) is 0 Å². The van der Waals surface area contributed by atoms with Gasteiger partial charge in [0, 0.05) is 5.02 Å². The number of aliphatic hydroxyl groups is 1. The van der Waals surface area contributed by atoms with Gasteiger partial charge in [0.25, 0.3) is 0 Å². The third-order valence-electron chi connectivity index (χ3n) is 2.55. The van der Waals surface area contributed by atoms with Gasteiger partial charge in [-0.2, -0.15) is 0 Å². The van der Waals surface area contributed by atoms with Gasteiger partial charge in [-0.05, 0) is 45.4 Å². The summed E-state index contributed by atoms with van der Waals surface area (Å²) in [5, 5.41) is 12.8. The lowest BCUT2D eigenvalue weighted by Crippen LogP contribution is -2.48. The summed E-state index contributed by atoms with van der Waals surface area (Å²) in [6, 6.07) is 6.99. The van der Waals surface area contributed by atoms with E-state index in [9.17, 15) is 9.90 Å². The van der Waals surface area contributed by atoms with Gasteiger partial charge in [-0.1, -0.05) is 23.7 Å². The molecule has 0 aliphatic carbocycles. The van der Waals surface area contributed by atoms with Crippen molar-refractivity contribution in [3.05, 3.63) is 34.9 Å². The number of hydrogen-bond acceptors (Lipinski definition) is 3. The molecule has 0 spiro atoms. The first kappa shape index (κ1) is 15.8.